The van der Waals surface area contributed by atoms with Crippen molar-refractivity contribution in [1.29, 1.82) is 0 Å². The summed E-state index contributed by atoms with van der Waals surface area (Å²) in [6.07, 6.45) is 20.9. The largest absolute Gasteiger partial charge is 4.00 e. The van der Waals surface area contributed by atoms with Gasteiger partial charge in [-0.05, 0) is 23.8 Å². The Labute approximate surface area is 190 Å². The summed E-state index contributed by atoms with van der Waals surface area (Å²) in [6.45, 7) is 2.27. The van der Waals surface area contributed by atoms with Gasteiger partial charge >= 0.3 is 21.7 Å². The molecule has 0 aliphatic heterocycles. The van der Waals surface area contributed by atoms with Crippen molar-refractivity contribution in [1.82, 2.24) is 0 Å². The van der Waals surface area contributed by atoms with Gasteiger partial charge in [0.1, 0.15) is 0 Å². The number of rotatable bonds is 5. The van der Waals surface area contributed by atoms with E-state index in [-0.39, 0.29) is 68.5 Å². The van der Waals surface area contributed by atoms with E-state index in [1.54, 1.807) is 5.19 Å². The summed E-state index contributed by atoms with van der Waals surface area (Å²) in [5.74, 6) is 0.989. The van der Waals surface area contributed by atoms with E-state index in [1.165, 1.54) is 56.9 Å². The van der Waals surface area contributed by atoms with Gasteiger partial charge < -0.3 is 37.2 Å². The van der Waals surface area contributed by atoms with Crippen molar-refractivity contribution in [3.63, 3.8) is 0 Å². The zero-order valence-electron chi connectivity index (χ0n) is 15.1. The SMILES string of the molecule is CCc1cc[c-]([SiH2]C2(CC3CCCCC3)C=CC=CC2)c1.[Cl-].[Cl-].[Cl-].[Ti+4]. The van der Waals surface area contributed by atoms with Crippen molar-refractivity contribution in [2.75, 3.05) is 0 Å². The van der Waals surface area contributed by atoms with Crippen LogP contribution in [-0.4, -0.2) is 9.52 Å². The Bertz CT molecular complexity index is 521. The third kappa shape index (κ3) is 8.03. The average Bonchev–Trinajstić information content (AvgIpc) is 2.96. The molecule has 1 saturated carbocycles. The minimum atomic E-state index is -0.236. The Morgan fingerprint density at radius 3 is 2.40 bits per heavy atom. The van der Waals surface area contributed by atoms with Crippen molar-refractivity contribution >= 4 is 14.7 Å². The van der Waals surface area contributed by atoms with E-state index in [0.29, 0.717) is 5.04 Å². The van der Waals surface area contributed by atoms with Crippen LogP contribution in [0.3, 0.4) is 0 Å². The fourth-order valence-electron chi connectivity index (χ4n) is 4.31. The van der Waals surface area contributed by atoms with E-state index in [2.05, 4.69) is 49.4 Å². The normalized spacial score (nSPS) is 22.6. The van der Waals surface area contributed by atoms with Gasteiger partial charge in [-0.15, -0.1) is 0 Å². The van der Waals surface area contributed by atoms with Crippen LogP contribution in [-0.2, 0) is 28.1 Å². The fourth-order valence-corrected chi connectivity index (χ4v) is 6.85. The first-order valence-electron chi connectivity index (χ1n) is 8.88. The molecule has 0 spiro atoms. The van der Waals surface area contributed by atoms with Crippen molar-refractivity contribution in [2.45, 2.75) is 63.3 Å². The number of allylic oxidation sites excluding steroid dienone is 4. The van der Waals surface area contributed by atoms with E-state index in [0.717, 1.165) is 5.92 Å². The number of hydrogen-bond donors (Lipinski definition) is 0. The predicted octanol–water partition coefficient (Wildman–Crippen LogP) is -4.58. The maximum absolute atomic E-state index is 2.58. The van der Waals surface area contributed by atoms with E-state index in [9.17, 15) is 0 Å². The van der Waals surface area contributed by atoms with Crippen molar-refractivity contribution in [3.8, 4) is 0 Å². The maximum atomic E-state index is 2.58. The first kappa shape index (κ1) is 27.8. The molecule has 1 atom stereocenters. The quantitative estimate of drug-likeness (QED) is 0.312. The first-order valence-corrected chi connectivity index (χ1v) is 10.3. The molecule has 0 heterocycles. The summed E-state index contributed by atoms with van der Waals surface area (Å²) in [7, 11) is -0.236. The maximum Gasteiger partial charge on any atom is 4.00 e. The van der Waals surface area contributed by atoms with E-state index < -0.39 is 0 Å². The van der Waals surface area contributed by atoms with Crippen LogP contribution in [0.5, 0.6) is 0 Å². The Kier molecular flexibility index (Phi) is 15.3. The van der Waals surface area contributed by atoms with E-state index in [4.69, 9.17) is 0 Å². The molecular formula is C20H29Cl3SiTi. The Balaban J connectivity index is 0. The molecule has 138 valence electrons. The summed E-state index contributed by atoms with van der Waals surface area (Å²) in [4.78, 5) is 0. The van der Waals surface area contributed by atoms with E-state index in [1.807, 2.05) is 0 Å². The van der Waals surface area contributed by atoms with Crippen LogP contribution < -0.4 is 42.4 Å². The van der Waals surface area contributed by atoms with Crippen molar-refractivity contribution in [3.05, 3.63) is 48.1 Å². The molecular weight excluding hydrogens is 423 g/mol. The van der Waals surface area contributed by atoms with Gasteiger partial charge in [-0.25, -0.2) is 6.07 Å². The van der Waals surface area contributed by atoms with Crippen LogP contribution in [0.4, 0.5) is 0 Å². The molecule has 1 aromatic rings. The molecule has 0 saturated heterocycles. The molecule has 1 fully saturated rings. The monoisotopic (exact) mass is 450 g/mol. The minimum Gasteiger partial charge on any atom is -1.00 e. The molecule has 2 aliphatic rings. The summed E-state index contributed by atoms with van der Waals surface area (Å²) in [5, 5.41) is 2.21. The van der Waals surface area contributed by atoms with Crippen molar-refractivity contribution < 1.29 is 58.9 Å². The molecule has 1 unspecified atom stereocenters. The van der Waals surface area contributed by atoms with Gasteiger partial charge in [-0.3, -0.25) is 0 Å². The second-order valence-electron chi connectivity index (χ2n) is 7.22. The molecule has 0 amide bonds. The molecule has 0 bridgehead atoms. The number of aryl methyl sites for hydroxylation is 1. The van der Waals surface area contributed by atoms with Crippen LogP contribution in [0.25, 0.3) is 0 Å². The van der Waals surface area contributed by atoms with Gasteiger partial charge in [0.25, 0.3) is 0 Å². The molecule has 0 aromatic heterocycles. The third-order valence-corrected chi connectivity index (χ3v) is 7.85. The number of halogens is 3. The Morgan fingerprint density at radius 2 is 1.84 bits per heavy atom. The molecule has 0 nitrogen and oxygen atoms in total. The van der Waals surface area contributed by atoms with Gasteiger partial charge in [0, 0.05) is 9.52 Å². The van der Waals surface area contributed by atoms with Crippen molar-refractivity contribution in [2.24, 2.45) is 5.92 Å². The third-order valence-electron chi connectivity index (χ3n) is 5.49. The first-order chi connectivity index (χ1) is 10.3. The van der Waals surface area contributed by atoms with Gasteiger partial charge in [0.05, 0.1) is 0 Å². The Morgan fingerprint density at radius 1 is 1.12 bits per heavy atom. The Hall–Kier alpha value is 0.631. The summed E-state index contributed by atoms with van der Waals surface area (Å²) >= 11 is 0. The molecule has 0 radical (unpaired) electrons. The minimum absolute atomic E-state index is 0. The standard InChI is InChI=1S/C20H29Si.3ClH.Ti/c1-2-17-11-12-19(15-17)21-20(13-7-4-8-14-20)16-18-9-5-3-6-10-18;;;;/h4,7-8,11-13,15,18H,2-3,5-6,9-10,14,16,21H2,1H3;3*1H;/q-1;;;;+4/p-3. The second-order valence-corrected chi connectivity index (χ2v) is 9.80. The molecule has 1 aromatic carbocycles. The molecule has 3 rings (SSSR count). The zero-order valence-corrected chi connectivity index (χ0v) is 20.4. The molecule has 5 heteroatoms. The summed E-state index contributed by atoms with van der Waals surface area (Å²) in [5.41, 5.74) is 1.53. The van der Waals surface area contributed by atoms with Gasteiger partial charge in [-0.2, -0.15) is 22.9 Å². The number of hydrogen-bond acceptors (Lipinski definition) is 0. The second kappa shape index (κ2) is 13.7. The predicted molar refractivity (Wildman–Crippen MR) is 96.4 cm³/mol. The molecule has 0 N–H and O–H groups in total. The van der Waals surface area contributed by atoms with Gasteiger partial charge in [0.15, 0.2) is 0 Å². The fraction of sp³-hybridized carbons (Fsp3) is 0.550. The summed E-state index contributed by atoms with van der Waals surface area (Å²) < 4.78 is 0. The smallest absolute Gasteiger partial charge is 1.00 e. The summed E-state index contributed by atoms with van der Waals surface area (Å²) in [6, 6.07) is 7.25. The van der Waals surface area contributed by atoms with Crippen LogP contribution in [0.2, 0.25) is 5.04 Å². The van der Waals surface area contributed by atoms with Crippen LogP contribution >= 0.6 is 0 Å². The molecule has 25 heavy (non-hydrogen) atoms. The topological polar surface area (TPSA) is 0 Å². The molecule has 2 aliphatic carbocycles. The zero-order chi connectivity index (χ0) is 14.5. The van der Waals surface area contributed by atoms with Crippen LogP contribution in [0.15, 0.2) is 42.5 Å². The average molecular weight is 452 g/mol. The van der Waals surface area contributed by atoms with Gasteiger partial charge in [-0.1, -0.05) is 69.8 Å². The van der Waals surface area contributed by atoms with Crippen LogP contribution in [0, 0.1) is 5.92 Å². The van der Waals surface area contributed by atoms with Gasteiger partial charge in [0.2, 0.25) is 0 Å². The van der Waals surface area contributed by atoms with Crippen LogP contribution in [0.1, 0.15) is 57.4 Å². The van der Waals surface area contributed by atoms with E-state index >= 15 is 0 Å².